The van der Waals surface area contributed by atoms with Gasteiger partial charge in [0.1, 0.15) is 5.52 Å². The number of hydrogen-bond acceptors (Lipinski definition) is 3. The molecule has 4 heteroatoms. The molecule has 0 saturated heterocycles. The van der Waals surface area contributed by atoms with Crippen molar-refractivity contribution in [2.45, 2.75) is 27.7 Å². The lowest BCUT2D eigenvalue weighted by Crippen LogP contribution is -2.13. The van der Waals surface area contributed by atoms with Crippen LogP contribution >= 0.6 is 0 Å². The van der Waals surface area contributed by atoms with E-state index in [0.717, 1.165) is 39.0 Å². The Hall–Kier alpha value is -3.40. The van der Waals surface area contributed by atoms with Gasteiger partial charge in [-0.1, -0.05) is 18.2 Å². The van der Waals surface area contributed by atoms with Crippen LogP contribution in [-0.4, -0.2) is 10.9 Å². The van der Waals surface area contributed by atoms with Crippen LogP contribution in [0.2, 0.25) is 0 Å². The van der Waals surface area contributed by atoms with E-state index in [1.807, 2.05) is 82.3 Å². The number of fused-ring (bicyclic) bond motifs is 1. The summed E-state index contributed by atoms with van der Waals surface area (Å²) in [6, 6.07) is 17.5. The Morgan fingerprint density at radius 3 is 2.43 bits per heavy atom. The molecular weight excluding hydrogens is 348 g/mol. The molecule has 0 spiro atoms. The van der Waals surface area contributed by atoms with E-state index in [9.17, 15) is 4.79 Å². The van der Waals surface area contributed by atoms with Crippen molar-refractivity contribution in [2.75, 3.05) is 5.32 Å². The zero-order valence-electron chi connectivity index (χ0n) is 16.5. The summed E-state index contributed by atoms with van der Waals surface area (Å²) >= 11 is 0. The standard InChI is InChI=1S/C24H22N2O2/c1-14-5-10-22-21(11-14)26-24(28-22)19-9-7-16(3)20(13-19)25-23(27)18-8-6-15(2)17(4)12-18/h5-13H,1-4H3,(H,25,27). The number of aryl methyl sites for hydroxylation is 4. The van der Waals surface area contributed by atoms with Crippen molar-refractivity contribution in [3.8, 4) is 11.5 Å². The third-order valence-corrected chi connectivity index (χ3v) is 5.04. The van der Waals surface area contributed by atoms with E-state index in [4.69, 9.17) is 4.42 Å². The van der Waals surface area contributed by atoms with E-state index in [1.54, 1.807) is 0 Å². The first-order valence-corrected chi connectivity index (χ1v) is 9.27. The molecule has 140 valence electrons. The largest absolute Gasteiger partial charge is 0.436 e. The lowest BCUT2D eigenvalue weighted by atomic mass is 10.1. The Bertz CT molecular complexity index is 1200. The number of benzene rings is 3. The van der Waals surface area contributed by atoms with E-state index in [0.29, 0.717) is 11.5 Å². The van der Waals surface area contributed by atoms with Gasteiger partial charge in [0.15, 0.2) is 5.58 Å². The molecule has 0 atom stereocenters. The minimum atomic E-state index is -0.128. The highest BCUT2D eigenvalue weighted by Gasteiger charge is 2.13. The highest BCUT2D eigenvalue weighted by atomic mass is 16.3. The van der Waals surface area contributed by atoms with Crippen LogP contribution in [0.1, 0.15) is 32.6 Å². The molecule has 4 nitrogen and oxygen atoms in total. The Morgan fingerprint density at radius 2 is 1.64 bits per heavy atom. The summed E-state index contributed by atoms with van der Waals surface area (Å²) in [6.45, 7) is 8.04. The molecule has 0 fully saturated rings. The summed E-state index contributed by atoms with van der Waals surface area (Å²) in [5.74, 6) is 0.416. The number of anilines is 1. The van der Waals surface area contributed by atoms with Gasteiger partial charge < -0.3 is 9.73 Å². The van der Waals surface area contributed by atoms with Crippen LogP contribution in [0, 0.1) is 27.7 Å². The van der Waals surface area contributed by atoms with E-state index in [1.165, 1.54) is 5.56 Å². The number of amides is 1. The van der Waals surface area contributed by atoms with Crippen molar-refractivity contribution in [3.63, 3.8) is 0 Å². The first-order chi connectivity index (χ1) is 13.4. The minimum Gasteiger partial charge on any atom is -0.436 e. The molecule has 1 amide bonds. The number of carbonyl (C=O) groups excluding carboxylic acids is 1. The summed E-state index contributed by atoms with van der Waals surface area (Å²) in [7, 11) is 0. The first-order valence-electron chi connectivity index (χ1n) is 9.27. The topological polar surface area (TPSA) is 55.1 Å². The summed E-state index contributed by atoms with van der Waals surface area (Å²) in [5.41, 5.74) is 8.18. The fourth-order valence-electron chi connectivity index (χ4n) is 3.13. The smallest absolute Gasteiger partial charge is 0.255 e. The third kappa shape index (κ3) is 3.41. The molecule has 1 aromatic heterocycles. The molecule has 1 heterocycles. The fraction of sp³-hybridized carbons (Fsp3) is 0.167. The molecule has 0 aliphatic carbocycles. The van der Waals surface area contributed by atoms with Crippen LogP contribution in [0.15, 0.2) is 59.0 Å². The van der Waals surface area contributed by atoms with Crippen molar-refractivity contribution in [1.29, 1.82) is 0 Å². The molecule has 0 aliphatic heterocycles. The first kappa shape index (κ1) is 18.0. The molecule has 0 radical (unpaired) electrons. The zero-order valence-corrected chi connectivity index (χ0v) is 16.5. The van der Waals surface area contributed by atoms with Gasteiger partial charge >= 0.3 is 0 Å². The number of rotatable bonds is 3. The van der Waals surface area contributed by atoms with Gasteiger partial charge in [0.2, 0.25) is 5.89 Å². The summed E-state index contributed by atoms with van der Waals surface area (Å²) in [6.07, 6.45) is 0. The molecule has 0 aliphatic rings. The minimum absolute atomic E-state index is 0.128. The van der Waals surface area contributed by atoms with Crippen molar-refractivity contribution >= 4 is 22.7 Å². The van der Waals surface area contributed by atoms with Crippen LogP contribution < -0.4 is 5.32 Å². The van der Waals surface area contributed by atoms with Crippen LogP contribution in [0.25, 0.3) is 22.6 Å². The third-order valence-electron chi connectivity index (χ3n) is 5.04. The van der Waals surface area contributed by atoms with Gasteiger partial charge in [0.05, 0.1) is 0 Å². The van der Waals surface area contributed by atoms with Gasteiger partial charge in [0, 0.05) is 16.8 Å². The molecular formula is C24H22N2O2. The number of carbonyl (C=O) groups is 1. The maximum Gasteiger partial charge on any atom is 0.255 e. The number of nitrogens with zero attached hydrogens (tertiary/aromatic N) is 1. The lowest BCUT2D eigenvalue weighted by Gasteiger charge is -2.11. The number of oxazole rings is 1. The lowest BCUT2D eigenvalue weighted by molar-refractivity contribution is 0.102. The summed E-state index contributed by atoms with van der Waals surface area (Å²) < 4.78 is 5.90. The maximum atomic E-state index is 12.7. The number of aromatic nitrogens is 1. The van der Waals surface area contributed by atoms with Crippen LogP contribution in [-0.2, 0) is 0 Å². The summed E-state index contributed by atoms with van der Waals surface area (Å²) in [5, 5.41) is 3.02. The maximum absolute atomic E-state index is 12.7. The molecule has 0 unspecified atom stereocenters. The van der Waals surface area contributed by atoms with Crippen LogP contribution in [0.3, 0.4) is 0 Å². The van der Waals surface area contributed by atoms with E-state index in [-0.39, 0.29) is 5.91 Å². The predicted molar refractivity (Wildman–Crippen MR) is 113 cm³/mol. The molecule has 4 aromatic rings. The van der Waals surface area contributed by atoms with Crippen molar-refractivity contribution in [3.05, 3.63) is 82.4 Å². The van der Waals surface area contributed by atoms with E-state index < -0.39 is 0 Å². The van der Waals surface area contributed by atoms with Gasteiger partial charge in [-0.15, -0.1) is 0 Å². The number of hydrogen-bond donors (Lipinski definition) is 1. The molecule has 0 bridgehead atoms. The normalized spacial score (nSPS) is 11.0. The van der Waals surface area contributed by atoms with Gasteiger partial charge in [-0.3, -0.25) is 4.79 Å². The van der Waals surface area contributed by atoms with Crippen molar-refractivity contribution in [1.82, 2.24) is 4.98 Å². The second-order valence-electron chi connectivity index (χ2n) is 7.27. The van der Waals surface area contributed by atoms with Gasteiger partial charge in [-0.05, 0) is 86.3 Å². The van der Waals surface area contributed by atoms with E-state index >= 15 is 0 Å². The second kappa shape index (κ2) is 6.97. The van der Waals surface area contributed by atoms with Crippen molar-refractivity contribution < 1.29 is 9.21 Å². The van der Waals surface area contributed by atoms with Gasteiger partial charge in [-0.2, -0.15) is 0 Å². The Balaban J connectivity index is 1.66. The Kier molecular flexibility index (Phi) is 4.47. The Morgan fingerprint density at radius 1 is 0.857 bits per heavy atom. The van der Waals surface area contributed by atoms with Gasteiger partial charge in [-0.25, -0.2) is 4.98 Å². The molecule has 0 saturated carbocycles. The fourth-order valence-corrected chi connectivity index (χ4v) is 3.13. The number of nitrogens with one attached hydrogen (secondary N) is 1. The molecule has 3 aromatic carbocycles. The van der Waals surface area contributed by atoms with Gasteiger partial charge in [0.25, 0.3) is 5.91 Å². The molecule has 1 N–H and O–H groups in total. The quantitative estimate of drug-likeness (QED) is 0.482. The highest BCUT2D eigenvalue weighted by molar-refractivity contribution is 6.05. The average molecular weight is 370 g/mol. The monoisotopic (exact) mass is 370 g/mol. The SMILES string of the molecule is Cc1ccc2oc(-c3ccc(C)c(NC(=O)c4ccc(C)c(C)c4)c3)nc2c1. The van der Waals surface area contributed by atoms with Crippen molar-refractivity contribution in [2.24, 2.45) is 0 Å². The molecule has 28 heavy (non-hydrogen) atoms. The predicted octanol–water partition coefficient (Wildman–Crippen LogP) is 5.98. The average Bonchev–Trinajstić information content (AvgIpc) is 3.08. The van der Waals surface area contributed by atoms with Crippen LogP contribution in [0.5, 0.6) is 0 Å². The zero-order chi connectivity index (χ0) is 19.8. The van der Waals surface area contributed by atoms with Crippen LogP contribution in [0.4, 0.5) is 5.69 Å². The Labute approximate surface area is 164 Å². The van der Waals surface area contributed by atoms with E-state index in [2.05, 4.69) is 10.3 Å². The molecule has 4 rings (SSSR count). The summed E-state index contributed by atoms with van der Waals surface area (Å²) in [4.78, 5) is 17.3. The second-order valence-corrected chi connectivity index (χ2v) is 7.27. The highest BCUT2D eigenvalue weighted by Crippen LogP contribution is 2.28.